The van der Waals surface area contributed by atoms with Gasteiger partial charge in [-0.15, -0.1) is 0 Å². The molecular formula is C13H18BrNO3. The molecule has 1 aromatic carbocycles. The van der Waals surface area contributed by atoms with Crippen molar-refractivity contribution in [1.82, 2.24) is 5.32 Å². The van der Waals surface area contributed by atoms with Crippen LogP contribution in [-0.2, 0) is 4.79 Å². The van der Waals surface area contributed by atoms with Crippen molar-refractivity contribution < 1.29 is 14.6 Å². The first-order chi connectivity index (χ1) is 8.49. The van der Waals surface area contributed by atoms with Gasteiger partial charge in [0, 0.05) is 16.1 Å². The highest BCUT2D eigenvalue weighted by molar-refractivity contribution is 9.10. The second-order valence-corrected chi connectivity index (χ2v) is 5.05. The molecule has 0 aliphatic carbocycles. The number of hydrogen-bond donors (Lipinski definition) is 2. The molecule has 2 unspecified atom stereocenters. The van der Waals surface area contributed by atoms with Crippen LogP contribution in [-0.4, -0.2) is 24.2 Å². The van der Waals surface area contributed by atoms with E-state index in [0.29, 0.717) is 11.3 Å². The molecule has 0 spiro atoms. The van der Waals surface area contributed by atoms with Crippen LogP contribution in [0.1, 0.15) is 31.9 Å². The summed E-state index contributed by atoms with van der Waals surface area (Å²) in [5.74, 6) is -0.340. The summed E-state index contributed by atoms with van der Waals surface area (Å²) in [5.41, 5.74) is 0.625. The van der Waals surface area contributed by atoms with Crippen molar-refractivity contribution in [3.63, 3.8) is 0 Å². The van der Waals surface area contributed by atoms with Crippen molar-refractivity contribution >= 4 is 21.9 Å². The number of halogens is 1. The van der Waals surface area contributed by atoms with Crippen molar-refractivity contribution in [2.24, 2.45) is 0 Å². The van der Waals surface area contributed by atoms with E-state index in [1.54, 1.807) is 12.1 Å². The molecule has 2 N–H and O–H groups in total. The smallest absolute Gasteiger partial charge is 0.325 e. The van der Waals surface area contributed by atoms with E-state index in [2.05, 4.69) is 21.2 Å². The number of nitrogens with one attached hydrogen (secondary N) is 1. The summed E-state index contributed by atoms with van der Waals surface area (Å²) in [6.45, 7) is 3.97. The maximum atomic E-state index is 11.4. The van der Waals surface area contributed by atoms with E-state index < -0.39 is 12.0 Å². The number of ether oxygens (including phenoxy) is 1. The minimum absolute atomic E-state index is 0.120. The van der Waals surface area contributed by atoms with Crippen LogP contribution in [0.5, 0.6) is 5.75 Å². The van der Waals surface area contributed by atoms with Gasteiger partial charge >= 0.3 is 5.97 Å². The highest BCUT2D eigenvalue weighted by Gasteiger charge is 2.24. The maximum absolute atomic E-state index is 11.4. The van der Waals surface area contributed by atoms with Gasteiger partial charge in [0.15, 0.2) is 0 Å². The van der Waals surface area contributed by atoms with Crippen LogP contribution < -0.4 is 10.1 Å². The molecule has 0 saturated heterocycles. The monoisotopic (exact) mass is 315 g/mol. The van der Waals surface area contributed by atoms with Crippen molar-refractivity contribution in [3.8, 4) is 5.75 Å². The summed E-state index contributed by atoms with van der Waals surface area (Å²) >= 11 is 3.35. The van der Waals surface area contributed by atoms with Gasteiger partial charge in [0.05, 0.1) is 7.11 Å². The number of carbonyl (C=O) groups is 1. The Morgan fingerprint density at radius 1 is 1.56 bits per heavy atom. The van der Waals surface area contributed by atoms with Crippen LogP contribution in [0, 0.1) is 0 Å². The lowest BCUT2D eigenvalue weighted by Gasteiger charge is -2.21. The average molecular weight is 316 g/mol. The molecule has 100 valence electrons. The van der Waals surface area contributed by atoms with Gasteiger partial charge in [-0.05, 0) is 31.5 Å². The Kier molecular flexibility index (Phi) is 5.62. The minimum atomic E-state index is -0.910. The lowest BCUT2D eigenvalue weighted by Crippen LogP contribution is -2.35. The van der Waals surface area contributed by atoms with Gasteiger partial charge in [-0.3, -0.25) is 10.1 Å². The number of hydrogen-bond acceptors (Lipinski definition) is 3. The Morgan fingerprint density at radius 2 is 2.22 bits per heavy atom. The van der Waals surface area contributed by atoms with Crippen LogP contribution >= 0.6 is 15.9 Å². The first-order valence-electron chi connectivity index (χ1n) is 5.81. The average Bonchev–Trinajstić information content (AvgIpc) is 2.35. The molecule has 4 nitrogen and oxygen atoms in total. The zero-order valence-electron chi connectivity index (χ0n) is 10.7. The fourth-order valence-corrected chi connectivity index (χ4v) is 2.01. The summed E-state index contributed by atoms with van der Waals surface area (Å²) in [4.78, 5) is 11.4. The third-order valence-electron chi connectivity index (χ3n) is 2.81. The fourth-order valence-electron chi connectivity index (χ4n) is 1.63. The molecule has 0 heterocycles. The molecule has 0 saturated carbocycles. The van der Waals surface area contributed by atoms with E-state index in [4.69, 9.17) is 4.74 Å². The fraction of sp³-hybridized carbons (Fsp3) is 0.462. The van der Waals surface area contributed by atoms with Crippen LogP contribution in [0.2, 0.25) is 0 Å². The van der Waals surface area contributed by atoms with Crippen LogP contribution in [0.3, 0.4) is 0 Å². The zero-order valence-corrected chi connectivity index (χ0v) is 12.3. The largest absolute Gasteiger partial charge is 0.496 e. The molecule has 0 aliphatic heterocycles. The van der Waals surface area contributed by atoms with E-state index >= 15 is 0 Å². The van der Waals surface area contributed by atoms with E-state index in [0.717, 1.165) is 10.9 Å². The molecule has 2 atom stereocenters. The Bertz CT molecular complexity index is 423. The normalized spacial score (nSPS) is 14.0. The van der Waals surface area contributed by atoms with Crippen molar-refractivity contribution in [3.05, 3.63) is 28.2 Å². The Hall–Kier alpha value is -1.07. The Labute approximate surface area is 115 Å². The van der Waals surface area contributed by atoms with Gasteiger partial charge in [0.25, 0.3) is 0 Å². The van der Waals surface area contributed by atoms with E-state index in [1.807, 2.05) is 19.9 Å². The number of carboxylic acid groups (broad SMARTS) is 1. The molecule has 0 aromatic heterocycles. The van der Waals surface area contributed by atoms with Crippen molar-refractivity contribution in [2.75, 3.05) is 7.11 Å². The lowest BCUT2D eigenvalue weighted by atomic mass is 10.0. The standard InChI is InChI=1S/C13H18BrNO3/c1-4-8(2)15-12(13(16)17)10-7-9(14)5-6-11(10)18-3/h5-8,12,15H,4H2,1-3H3,(H,16,17). The SMILES string of the molecule is CCC(C)NC(C(=O)O)c1cc(Br)ccc1OC. The number of rotatable bonds is 6. The molecule has 18 heavy (non-hydrogen) atoms. The summed E-state index contributed by atoms with van der Waals surface area (Å²) in [5, 5.41) is 12.4. The molecule has 0 fully saturated rings. The summed E-state index contributed by atoms with van der Waals surface area (Å²) in [6.07, 6.45) is 0.861. The highest BCUT2D eigenvalue weighted by Crippen LogP contribution is 2.29. The molecule has 5 heteroatoms. The van der Waals surface area contributed by atoms with Crippen molar-refractivity contribution in [1.29, 1.82) is 0 Å². The van der Waals surface area contributed by atoms with Gasteiger partial charge in [0.1, 0.15) is 11.8 Å². The van der Waals surface area contributed by atoms with Gasteiger partial charge in [-0.1, -0.05) is 22.9 Å². The topological polar surface area (TPSA) is 58.6 Å². The molecular weight excluding hydrogens is 298 g/mol. The second-order valence-electron chi connectivity index (χ2n) is 4.13. The number of methoxy groups -OCH3 is 1. The number of aliphatic carboxylic acids is 1. The minimum Gasteiger partial charge on any atom is -0.496 e. The first kappa shape index (κ1) is 15.0. The molecule has 1 aromatic rings. The molecule has 0 radical (unpaired) electrons. The second kappa shape index (κ2) is 6.75. The van der Waals surface area contributed by atoms with Gasteiger partial charge in [0.2, 0.25) is 0 Å². The lowest BCUT2D eigenvalue weighted by molar-refractivity contribution is -0.139. The van der Waals surface area contributed by atoms with E-state index in [-0.39, 0.29) is 6.04 Å². The summed E-state index contributed by atoms with van der Waals surface area (Å²) < 4.78 is 6.05. The Morgan fingerprint density at radius 3 is 2.72 bits per heavy atom. The van der Waals surface area contributed by atoms with E-state index in [9.17, 15) is 9.90 Å². The number of carboxylic acids is 1. The predicted molar refractivity (Wildman–Crippen MR) is 74.0 cm³/mol. The maximum Gasteiger partial charge on any atom is 0.325 e. The molecule has 0 bridgehead atoms. The van der Waals surface area contributed by atoms with Gasteiger partial charge in [-0.2, -0.15) is 0 Å². The summed E-state index contributed by atoms with van der Waals surface area (Å²) in [7, 11) is 1.54. The first-order valence-corrected chi connectivity index (χ1v) is 6.61. The number of benzene rings is 1. The van der Waals surface area contributed by atoms with Crippen LogP contribution in [0.25, 0.3) is 0 Å². The third-order valence-corrected chi connectivity index (χ3v) is 3.31. The highest BCUT2D eigenvalue weighted by atomic mass is 79.9. The van der Waals surface area contributed by atoms with E-state index in [1.165, 1.54) is 7.11 Å². The quantitative estimate of drug-likeness (QED) is 0.847. The van der Waals surface area contributed by atoms with Crippen molar-refractivity contribution in [2.45, 2.75) is 32.4 Å². The predicted octanol–water partition coefficient (Wildman–Crippen LogP) is 2.97. The summed E-state index contributed by atoms with van der Waals surface area (Å²) in [6, 6.07) is 4.70. The van der Waals surface area contributed by atoms with Crippen LogP contribution in [0.15, 0.2) is 22.7 Å². The molecule has 1 rings (SSSR count). The molecule has 0 aliphatic rings. The van der Waals surface area contributed by atoms with Gasteiger partial charge in [-0.25, -0.2) is 0 Å². The van der Waals surface area contributed by atoms with Gasteiger partial charge < -0.3 is 9.84 Å². The third kappa shape index (κ3) is 3.71. The zero-order chi connectivity index (χ0) is 13.7. The van der Waals surface area contributed by atoms with Crippen LogP contribution in [0.4, 0.5) is 0 Å². The Balaban J connectivity index is 3.12. The molecule has 0 amide bonds.